The topological polar surface area (TPSA) is 89.0 Å². The van der Waals surface area contributed by atoms with E-state index in [4.69, 9.17) is 9.47 Å². The molecule has 2 amide bonds. The quantitative estimate of drug-likeness (QED) is 0.446. The van der Waals surface area contributed by atoms with Crippen LogP contribution in [0.1, 0.15) is 18.9 Å². The van der Waals surface area contributed by atoms with Gasteiger partial charge in [-0.2, -0.15) is 5.10 Å². The standard InChI is InChI=1S/C20H23N3O4/c1-14(9-10-15-7-5-4-6-8-15)22-23-20(25)19(24)21-17-13-16(26-2)11-12-18(17)27-3/h4-8,11-13H,9-10H2,1-3H3,(H,21,24)(H,23,25)/b22-14+. The number of nitrogens with zero attached hydrogens (tertiary/aromatic N) is 1. The second-order valence-corrected chi connectivity index (χ2v) is 5.79. The van der Waals surface area contributed by atoms with Crippen LogP contribution in [0.3, 0.4) is 0 Å². The molecule has 0 saturated carbocycles. The van der Waals surface area contributed by atoms with Crippen LogP contribution < -0.4 is 20.2 Å². The highest BCUT2D eigenvalue weighted by atomic mass is 16.5. The van der Waals surface area contributed by atoms with Gasteiger partial charge in [-0.25, -0.2) is 5.43 Å². The number of benzene rings is 2. The van der Waals surface area contributed by atoms with Crippen LogP contribution in [0.2, 0.25) is 0 Å². The first-order valence-corrected chi connectivity index (χ1v) is 8.44. The number of rotatable bonds is 7. The second-order valence-electron chi connectivity index (χ2n) is 5.79. The fraction of sp³-hybridized carbons (Fsp3) is 0.250. The van der Waals surface area contributed by atoms with E-state index in [2.05, 4.69) is 15.8 Å². The molecule has 0 saturated heterocycles. The van der Waals surface area contributed by atoms with Crippen LogP contribution in [0, 0.1) is 0 Å². The lowest BCUT2D eigenvalue weighted by atomic mass is 10.1. The predicted molar refractivity (Wildman–Crippen MR) is 104 cm³/mol. The van der Waals surface area contributed by atoms with Gasteiger partial charge in [0.05, 0.1) is 19.9 Å². The molecule has 2 N–H and O–H groups in total. The highest BCUT2D eigenvalue weighted by Crippen LogP contribution is 2.28. The number of hydrogen-bond donors (Lipinski definition) is 2. The first kappa shape index (κ1) is 20.0. The van der Waals surface area contributed by atoms with Crippen molar-refractivity contribution in [2.45, 2.75) is 19.8 Å². The summed E-state index contributed by atoms with van der Waals surface area (Å²) >= 11 is 0. The lowest BCUT2D eigenvalue weighted by Crippen LogP contribution is -2.33. The Balaban J connectivity index is 1.90. The van der Waals surface area contributed by atoms with E-state index in [-0.39, 0.29) is 0 Å². The number of aryl methyl sites for hydroxylation is 1. The molecule has 0 aliphatic carbocycles. The van der Waals surface area contributed by atoms with Crippen LogP contribution in [0.4, 0.5) is 5.69 Å². The van der Waals surface area contributed by atoms with Crippen LogP contribution in [0.15, 0.2) is 53.6 Å². The minimum Gasteiger partial charge on any atom is -0.497 e. The third-order valence-electron chi connectivity index (χ3n) is 3.83. The average Bonchev–Trinajstić information content (AvgIpc) is 2.71. The summed E-state index contributed by atoms with van der Waals surface area (Å²) in [7, 11) is 2.98. The van der Waals surface area contributed by atoms with Gasteiger partial charge in [-0.3, -0.25) is 9.59 Å². The fourth-order valence-electron chi connectivity index (χ4n) is 2.31. The molecular weight excluding hydrogens is 346 g/mol. The Kier molecular flexibility index (Phi) is 7.37. The number of hydrogen-bond acceptors (Lipinski definition) is 5. The van der Waals surface area contributed by atoms with Gasteiger partial charge in [-0.05, 0) is 37.5 Å². The summed E-state index contributed by atoms with van der Waals surface area (Å²) in [6, 6.07) is 14.9. The highest BCUT2D eigenvalue weighted by molar-refractivity contribution is 6.39. The zero-order valence-electron chi connectivity index (χ0n) is 15.6. The molecular formula is C20H23N3O4. The van der Waals surface area contributed by atoms with E-state index in [1.54, 1.807) is 25.1 Å². The van der Waals surface area contributed by atoms with Crippen LogP contribution in [0.25, 0.3) is 0 Å². The predicted octanol–water partition coefficient (Wildman–Crippen LogP) is 2.77. The fourth-order valence-corrected chi connectivity index (χ4v) is 2.31. The van der Waals surface area contributed by atoms with Crippen molar-refractivity contribution < 1.29 is 19.1 Å². The molecule has 0 spiro atoms. The van der Waals surface area contributed by atoms with Gasteiger partial charge >= 0.3 is 11.8 Å². The van der Waals surface area contributed by atoms with Crippen molar-refractivity contribution >= 4 is 23.2 Å². The minimum absolute atomic E-state index is 0.335. The third kappa shape index (κ3) is 6.14. The Labute approximate surface area is 158 Å². The first-order chi connectivity index (χ1) is 13.0. The van der Waals surface area contributed by atoms with Gasteiger partial charge in [0.2, 0.25) is 0 Å². The summed E-state index contributed by atoms with van der Waals surface area (Å²) in [5.41, 5.74) is 4.51. The maximum atomic E-state index is 12.1. The molecule has 0 aliphatic rings. The molecule has 0 aliphatic heterocycles. The van der Waals surface area contributed by atoms with E-state index in [1.807, 2.05) is 30.3 Å². The number of hydrazone groups is 1. The molecule has 0 unspecified atom stereocenters. The lowest BCUT2D eigenvalue weighted by molar-refractivity contribution is -0.136. The summed E-state index contributed by atoms with van der Waals surface area (Å²) in [5, 5.41) is 6.47. The van der Waals surface area contributed by atoms with E-state index in [0.29, 0.717) is 23.6 Å². The molecule has 7 nitrogen and oxygen atoms in total. The highest BCUT2D eigenvalue weighted by Gasteiger charge is 2.16. The van der Waals surface area contributed by atoms with Crippen molar-refractivity contribution in [3.05, 3.63) is 54.1 Å². The number of nitrogens with one attached hydrogen (secondary N) is 2. The average molecular weight is 369 g/mol. The molecule has 0 heterocycles. The number of carbonyl (C=O) groups excluding carboxylic acids is 2. The summed E-state index contributed by atoms with van der Waals surface area (Å²) in [5.74, 6) is -0.763. The van der Waals surface area contributed by atoms with Gasteiger partial charge in [-0.1, -0.05) is 30.3 Å². The maximum Gasteiger partial charge on any atom is 0.329 e. The zero-order chi connectivity index (χ0) is 19.6. The Hall–Kier alpha value is -3.35. The Morgan fingerprint density at radius 1 is 1.00 bits per heavy atom. The van der Waals surface area contributed by atoms with E-state index in [0.717, 1.165) is 12.1 Å². The summed E-state index contributed by atoms with van der Waals surface area (Å²) in [6.45, 7) is 1.80. The Morgan fingerprint density at radius 2 is 1.74 bits per heavy atom. The van der Waals surface area contributed by atoms with Gasteiger partial charge in [0, 0.05) is 11.8 Å². The molecule has 142 valence electrons. The van der Waals surface area contributed by atoms with Crippen molar-refractivity contribution in [1.82, 2.24) is 5.43 Å². The second kappa shape index (κ2) is 9.96. The summed E-state index contributed by atoms with van der Waals surface area (Å²) in [6.07, 6.45) is 1.48. The molecule has 0 radical (unpaired) electrons. The zero-order valence-corrected chi connectivity index (χ0v) is 15.6. The van der Waals surface area contributed by atoms with Crippen molar-refractivity contribution in [1.29, 1.82) is 0 Å². The van der Waals surface area contributed by atoms with Crippen molar-refractivity contribution in [2.75, 3.05) is 19.5 Å². The Morgan fingerprint density at radius 3 is 2.41 bits per heavy atom. The van der Waals surface area contributed by atoms with E-state index < -0.39 is 11.8 Å². The number of methoxy groups -OCH3 is 2. The van der Waals surface area contributed by atoms with Crippen LogP contribution >= 0.6 is 0 Å². The lowest BCUT2D eigenvalue weighted by Gasteiger charge is -2.11. The molecule has 0 fully saturated rings. The largest absolute Gasteiger partial charge is 0.497 e. The van der Waals surface area contributed by atoms with Crippen molar-refractivity contribution in [3.63, 3.8) is 0 Å². The van der Waals surface area contributed by atoms with E-state index in [9.17, 15) is 9.59 Å². The molecule has 7 heteroatoms. The van der Waals surface area contributed by atoms with Gasteiger partial charge in [-0.15, -0.1) is 0 Å². The summed E-state index contributed by atoms with van der Waals surface area (Å²) in [4.78, 5) is 24.1. The van der Waals surface area contributed by atoms with E-state index >= 15 is 0 Å². The van der Waals surface area contributed by atoms with Gasteiger partial charge in [0.15, 0.2) is 0 Å². The molecule has 2 aromatic carbocycles. The molecule has 0 aromatic heterocycles. The maximum absolute atomic E-state index is 12.1. The van der Waals surface area contributed by atoms with E-state index in [1.165, 1.54) is 19.8 Å². The molecule has 27 heavy (non-hydrogen) atoms. The monoisotopic (exact) mass is 369 g/mol. The first-order valence-electron chi connectivity index (χ1n) is 8.44. The SMILES string of the molecule is COc1ccc(OC)c(NC(=O)C(=O)N/N=C(\C)CCc2ccccc2)c1. The van der Waals surface area contributed by atoms with Gasteiger partial charge in [0.1, 0.15) is 11.5 Å². The van der Waals surface area contributed by atoms with Gasteiger partial charge in [0.25, 0.3) is 0 Å². The van der Waals surface area contributed by atoms with Crippen LogP contribution in [0.5, 0.6) is 11.5 Å². The molecule has 0 atom stereocenters. The third-order valence-corrected chi connectivity index (χ3v) is 3.83. The molecule has 2 rings (SSSR count). The number of amides is 2. The van der Waals surface area contributed by atoms with Gasteiger partial charge < -0.3 is 14.8 Å². The minimum atomic E-state index is -0.862. The molecule has 2 aromatic rings. The van der Waals surface area contributed by atoms with Crippen molar-refractivity contribution in [2.24, 2.45) is 5.10 Å². The normalized spacial score (nSPS) is 10.9. The Bertz CT molecular complexity index is 819. The number of carbonyl (C=O) groups is 2. The van der Waals surface area contributed by atoms with Crippen molar-refractivity contribution in [3.8, 4) is 11.5 Å². The summed E-state index contributed by atoms with van der Waals surface area (Å²) < 4.78 is 10.3. The number of anilines is 1. The van der Waals surface area contributed by atoms with Crippen LogP contribution in [-0.4, -0.2) is 31.7 Å². The molecule has 0 bridgehead atoms. The smallest absolute Gasteiger partial charge is 0.329 e. The number of ether oxygens (including phenoxy) is 2. The van der Waals surface area contributed by atoms with Crippen LogP contribution in [-0.2, 0) is 16.0 Å².